The van der Waals surface area contributed by atoms with Crippen molar-refractivity contribution in [3.63, 3.8) is 0 Å². The van der Waals surface area contributed by atoms with Gasteiger partial charge in [-0.25, -0.2) is 0 Å². The molecule has 110 valence electrons. The summed E-state index contributed by atoms with van der Waals surface area (Å²) in [7, 11) is 1.48. The number of ether oxygens (including phenoxy) is 1. The second-order valence-electron chi connectivity index (χ2n) is 5.29. The molecule has 0 saturated carbocycles. The number of hydrogen-bond acceptors (Lipinski definition) is 3. The second-order valence-corrected chi connectivity index (χ2v) is 5.29. The quantitative estimate of drug-likeness (QED) is 0.839. The summed E-state index contributed by atoms with van der Waals surface area (Å²) >= 11 is 0. The Balaban J connectivity index is 2.72. The van der Waals surface area contributed by atoms with E-state index >= 15 is 0 Å². The highest BCUT2D eigenvalue weighted by Gasteiger charge is 2.26. The zero-order chi connectivity index (χ0) is 15.3. The van der Waals surface area contributed by atoms with E-state index in [-0.39, 0.29) is 18.2 Å². The smallest absolute Gasteiger partial charge is 0.303 e. The van der Waals surface area contributed by atoms with Gasteiger partial charge in [0.1, 0.15) is 5.60 Å². The minimum absolute atomic E-state index is 0.0623. The van der Waals surface area contributed by atoms with Gasteiger partial charge in [-0.1, -0.05) is 19.1 Å². The predicted octanol–water partition coefficient (Wildman–Crippen LogP) is 2.63. The summed E-state index contributed by atoms with van der Waals surface area (Å²) < 4.78 is 5.10. The molecule has 1 aromatic carbocycles. The second kappa shape index (κ2) is 6.52. The minimum atomic E-state index is -0.894. The lowest BCUT2D eigenvalue weighted by Crippen LogP contribution is -2.38. The van der Waals surface area contributed by atoms with Crippen LogP contribution in [0.3, 0.4) is 0 Å². The van der Waals surface area contributed by atoms with Crippen LogP contribution in [0, 0.1) is 0 Å². The lowest BCUT2D eigenvalue weighted by atomic mass is 9.97. The highest BCUT2D eigenvalue weighted by Crippen LogP contribution is 2.21. The molecule has 0 radical (unpaired) electrons. The molecule has 20 heavy (non-hydrogen) atoms. The Labute approximate surface area is 118 Å². The van der Waals surface area contributed by atoms with Crippen LogP contribution in [-0.2, 0) is 14.3 Å². The summed E-state index contributed by atoms with van der Waals surface area (Å²) in [6.45, 7) is 5.23. The number of aliphatic carboxylic acids is 1. The molecule has 1 atom stereocenters. The first-order valence-electron chi connectivity index (χ1n) is 6.44. The Kier molecular flexibility index (Phi) is 5.27. The van der Waals surface area contributed by atoms with Crippen LogP contribution >= 0.6 is 0 Å². The molecule has 0 saturated heterocycles. The third kappa shape index (κ3) is 4.35. The Morgan fingerprint density at radius 3 is 2.30 bits per heavy atom. The number of nitrogens with one attached hydrogen (secondary N) is 1. The Bertz CT molecular complexity index is 479. The zero-order valence-corrected chi connectivity index (χ0v) is 12.3. The predicted molar refractivity (Wildman–Crippen MR) is 76.8 cm³/mol. The zero-order valence-electron chi connectivity index (χ0n) is 12.3. The highest BCUT2D eigenvalue weighted by atomic mass is 16.5. The van der Waals surface area contributed by atoms with Crippen LogP contribution in [0.4, 0.5) is 5.69 Å². The number of rotatable bonds is 6. The van der Waals surface area contributed by atoms with Gasteiger partial charge in [-0.3, -0.25) is 9.59 Å². The number of benzene rings is 1. The fourth-order valence-corrected chi connectivity index (χ4v) is 1.65. The van der Waals surface area contributed by atoms with E-state index < -0.39 is 11.6 Å². The van der Waals surface area contributed by atoms with Gasteiger partial charge in [0.2, 0.25) is 0 Å². The molecule has 1 rings (SSSR count). The Hall–Kier alpha value is -1.88. The van der Waals surface area contributed by atoms with Crippen LogP contribution in [-0.4, -0.2) is 29.7 Å². The highest BCUT2D eigenvalue weighted by molar-refractivity contribution is 5.96. The van der Waals surface area contributed by atoms with Crippen molar-refractivity contribution in [1.29, 1.82) is 0 Å². The maximum Gasteiger partial charge on any atom is 0.303 e. The van der Waals surface area contributed by atoms with Crippen molar-refractivity contribution in [2.45, 2.75) is 38.7 Å². The SMILES string of the molecule is COC(C)(C)C(=O)Nc1ccc(C(C)CC(=O)O)cc1. The van der Waals surface area contributed by atoms with E-state index in [0.29, 0.717) is 5.69 Å². The van der Waals surface area contributed by atoms with Crippen LogP contribution in [0.2, 0.25) is 0 Å². The van der Waals surface area contributed by atoms with Crippen molar-refractivity contribution in [3.8, 4) is 0 Å². The number of amides is 1. The number of carboxylic acid groups (broad SMARTS) is 1. The number of methoxy groups -OCH3 is 1. The molecule has 2 N–H and O–H groups in total. The molecule has 1 unspecified atom stereocenters. The number of carbonyl (C=O) groups excluding carboxylic acids is 1. The van der Waals surface area contributed by atoms with Crippen molar-refractivity contribution in [2.75, 3.05) is 12.4 Å². The molecule has 0 fully saturated rings. The molecule has 0 aliphatic rings. The first kappa shape index (κ1) is 16.2. The van der Waals surface area contributed by atoms with Gasteiger partial charge in [-0.2, -0.15) is 0 Å². The first-order chi connectivity index (χ1) is 9.26. The van der Waals surface area contributed by atoms with E-state index in [1.54, 1.807) is 26.0 Å². The van der Waals surface area contributed by atoms with Gasteiger partial charge in [-0.15, -0.1) is 0 Å². The van der Waals surface area contributed by atoms with Crippen LogP contribution in [0.25, 0.3) is 0 Å². The van der Waals surface area contributed by atoms with Crippen molar-refractivity contribution >= 4 is 17.6 Å². The normalized spacial score (nSPS) is 12.8. The molecule has 5 heteroatoms. The number of carbonyl (C=O) groups is 2. The third-order valence-corrected chi connectivity index (χ3v) is 3.28. The van der Waals surface area contributed by atoms with Gasteiger partial charge in [0.25, 0.3) is 5.91 Å². The summed E-state index contributed by atoms with van der Waals surface area (Å²) in [6, 6.07) is 7.17. The first-order valence-corrected chi connectivity index (χ1v) is 6.44. The number of anilines is 1. The number of hydrogen-bond donors (Lipinski definition) is 2. The summed E-state index contributed by atoms with van der Waals surface area (Å²) in [5, 5.41) is 11.5. The van der Waals surface area contributed by atoms with Crippen molar-refractivity contribution < 1.29 is 19.4 Å². The number of carboxylic acids is 1. The van der Waals surface area contributed by atoms with Gasteiger partial charge in [0.05, 0.1) is 6.42 Å². The van der Waals surface area contributed by atoms with Crippen molar-refractivity contribution in [2.24, 2.45) is 0 Å². The standard InChI is InChI=1S/C15H21NO4/c1-10(9-13(17)18)11-5-7-12(8-6-11)16-14(19)15(2,3)20-4/h5-8,10H,9H2,1-4H3,(H,16,19)(H,17,18). The largest absolute Gasteiger partial charge is 0.481 e. The molecule has 0 spiro atoms. The van der Waals surface area contributed by atoms with Gasteiger partial charge >= 0.3 is 5.97 Å². The molecular weight excluding hydrogens is 258 g/mol. The summed E-state index contributed by atoms with van der Waals surface area (Å²) in [5.41, 5.74) is 0.692. The molecule has 5 nitrogen and oxygen atoms in total. The van der Waals surface area contributed by atoms with E-state index in [0.717, 1.165) is 5.56 Å². The van der Waals surface area contributed by atoms with Crippen LogP contribution in [0.1, 0.15) is 38.7 Å². The average molecular weight is 279 g/mol. The monoisotopic (exact) mass is 279 g/mol. The maximum absolute atomic E-state index is 11.9. The van der Waals surface area contributed by atoms with E-state index in [2.05, 4.69) is 5.32 Å². The lowest BCUT2D eigenvalue weighted by Gasteiger charge is -2.21. The van der Waals surface area contributed by atoms with Crippen molar-refractivity contribution in [3.05, 3.63) is 29.8 Å². The summed E-state index contributed by atoms with van der Waals surface area (Å²) in [6.07, 6.45) is 0.0857. The third-order valence-electron chi connectivity index (χ3n) is 3.28. The van der Waals surface area contributed by atoms with Crippen LogP contribution < -0.4 is 5.32 Å². The van der Waals surface area contributed by atoms with E-state index in [1.807, 2.05) is 19.1 Å². The average Bonchev–Trinajstić information content (AvgIpc) is 2.38. The summed E-state index contributed by atoms with van der Waals surface area (Å²) in [5.74, 6) is -1.12. The Morgan fingerprint density at radius 1 is 1.30 bits per heavy atom. The molecular formula is C15H21NO4. The fraction of sp³-hybridized carbons (Fsp3) is 0.467. The minimum Gasteiger partial charge on any atom is -0.481 e. The van der Waals surface area contributed by atoms with Gasteiger partial charge < -0.3 is 15.2 Å². The van der Waals surface area contributed by atoms with Crippen LogP contribution in [0.15, 0.2) is 24.3 Å². The fourth-order valence-electron chi connectivity index (χ4n) is 1.65. The molecule has 0 heterocycles. The topological polar surface area (TPSA) is 75.6 Å². The molecule has 0 aliphatic carbocycles. The van der Waals surface area contributed by atoms with Crippen LogP contribution in [0.5, 0.6) is 0 Å². The molecule has 0 aromatic heterocycles. The van der Waals surface area contributed by atoms with Gasteiger partial charge in [0.15, 0.2) is 0 Å². The van der Waals surface area contributed by atoms with Gasteiger partial charge in [0, 0.05) is 12.8 Å². The molecule has 0 aliphatic heterocycles. The van der Waals surface area contributed by atoms with E-state index in [9.17, 15) is 9.59 Å². The molecule has 0 bridgehead atoms. The van der Waals surface area contributed by atoms with Gasteiger partial charge in [-0.05, 0) is 37.5 Å². The summed E-state index contributed by atoms with van der Waals surface area (Å²) in [4.78, 5) is 22.6. The Morgan fingerprint density at radius 2 is 1.85 bits per heavy atom. The van der Waals surface area contributed by atoms with E-state index in [4.69, 9.17) is 9.84 Å². The van der Waals surface area contributed by atoms with Crippen molar-refractivity contribution in [1.82, 2.24) is 0 Å². The maximum atomic E-state index is 11.9. The molecule has 1 amide bonds. The lowest BCUT2D eigenvalue weighted by molar-refractivity contribution is -0.137. The van der Waals surface area contributed by atoms with E-state index in [1.165, 1.54) is 7.11 Å². The molecule has 1 aromatic rings.